The highest BCUT2D eigenvalue weighted by Gasteiger charge is 2.08. The Hall–Kier alpha value is -2.11. The molecular weight excluding hydrogens is 294 g/mol. The predicted octanol–water partition coefficient (Wildman–Crippen LogP) is 3.23. The number of aromatic nitrogens is 3. The van der Waals surface area contributed by atoms with E-state index in [-0.39, 0.29) is 0 Å². The van der Waals surface area contributed by atoms with Gasteiger partial charge in [-0.05, 0) is 17.7 Å². The molecule has 1 N–H and O–H groups in total. The summed E-state index contributed by atoms with van der Waals surface area (Å²) in [5.74, 6) is 1.37. The molecule has 1 aromatic heterocycles. The number of benzene rings is 2. The fraction of sp³-hybridized carbons (Fsp3) is 0.176. The normalized spacial score (nSPS) is 12.2. The Morgan fingerprint density at radius 1 is 1.00 bits per heavy atom. The van der Waals surface area contributed by atoms with Gasteiger partial charge in [-0.2, -0.15) is 26.8 Å². The second-order valence-electron chi connectivity index (χ2n) is 4.90. The van der Waals surface area contributed by atoms with Crippen molar-refractivity contribution in [2.75, 3.05) is 5.75 Å². The first-order valence-electron chi connectivity index (χ1n) is 7.10. The second kappa shape index (κ2) is 7.24. The summed E-state index contributed by atoms with van der Waals surface area (Å²) in [5, 5.41) is 18.8. The minimum Gasteiger partial charge on any atom is -0.388 e. The van der Waals surface area contributed by atoms with Crippen LogP contribution in [0.3, 0.4) is 0 Å². The van der Waals surface area contributed by atoms with E-state index < -0.39 is 6.10 Å². The molecule has 0 spiro atoms. The maximum atomic E-state index is 10.1. The third-order valence-corrected chi connectivity index (χ3v) is 4.29. The largest absolute Gasteiger partial charge is 0.388 e. The van der Waals surface area contributed by atoms with Crippen LogP contribution < -0.4 is 0 Å². The van der Waals surface area contributed by atoms with E-state index in [1.807, 2.05) is 60.7 Å². The number of rotatable bonds is 6. The van der Waals surface area contributed by atoms with Gasteiger partial charge in [0.2, 0.25) is 0 Å². The minimum absolute atomic E-state index is 0.449. The summed E-state index contributed by atoms with van der Waals surface area (Å²) in [4.78, 5) is 1.63. The van der Waals surface area contributed by atoms with Crippen molar-refractivity contribution in [1.82, 2.24) is 15.0 Å². The molecule has 3 rings (SSSR count). The van der Waals surface area contributed by atoms with E-state index in [0.29, 0.717) is 5.75 Å². The standard InChI is InChI=1S/C17H17N3OS/c21-17(14-7-3-1-4-8-14)13-22-12-15-11-18-20(19-15)16-9-5-2-6-10-16/h1-11,17,21H,12-13H2. The molecule has 5 heteroatoms. The molecular formula is C17H17N3OS. The average molecular weight is 311 g/mol. The lowest BCUT2D eigenvalue weighted by Crippen LogP contribution is -2.01. The highest BCUT2D eigenvalue weighted by molar-refractivity contribution is 7.98. The van der Waals surface area contributed by atoms with Crippen molar-refractivity contribution in [2.24, 2.45) is 0 Å². The van der Waals surface area contributed by atoms with Crippen LogP contribution in [-0.4, -0.2) is 25.9 Å². The average Bonchev–Trinajstić information content (AvgIpc) is 3.05. The fourth-order valence-corrected chi connectivity index (χ4v) is 2.97. The zero-order valence-corrected chi connectivity index (χ0v) is 12.9. The van der Waals surface area contributed by atoms with Crippen molar-refractivity contribution in [3.05, 3.63) is 78.1 Å². The van der Waals surface area contributed by atoms with Gasteiger partial charge in [-0.1, -0.05) is 48.5 Å². The molecule has 0 amide bonds. The van der Waals surface area contributed by atoms with Crippen LogP contribution in [0.5, 0.6) is 0 Å². The van der Waals surface area contributed by atoms with Crippen LogP contribution >= 0.6 is 11.8 Å². The highest BCUT2D eigenvalue weighted by Crippen LogP contribution is 2.20. The molecule has 0 saturated heterocycles. The molecule has 1 atom stereocenters. The number of hydrogen-bond donors (Lipinski definition) is 1. The van der Waals surface area contributed by atoms with E-state index in [0.717, 1.165) is 22.7 Å². The molecule has 1 heterocycles. The molecule has 2 aromatic carbocycles. The molecule has 0 aliphatic heterocycles. The Morgan fingerprint density at radius 2 is 1.68 bits per heavy atom. The quantitative estimate of drug-likeness (QED) is 0.759. The second-order valence-corrected chi connectivity index (χ2v) is 5.93. The maximum Gasteiger partial charge on any atom is 0.0930 e. The van der Waals surface area contributed by atoms with Gasteiger partial charge < -0.3 is 5.11 Å². The van der Waals surface area contributed by atoms with Gasteiger partial charge in [-0.15, -0.1) is 0 Å². The Kier molecular flexibility index (Phi) is 4.88. The number of thioether (sulfide) groups is 1. The molecule has 0 radical (unpaired) electrons. The van der Waals surface area contributed by atoms with Crippen LogP contribution in [0.25, 0.3) is 5.69 Å². The van der Waals surface area contributed by atoms with E-state index in [1.165, 1.54) is 0 Å². The summed E-state index contributed by atoms with van der Waals surface area (Å²) in [6.45, 7) is 0. The van der Waals surface area contributed by atoms with E-state index >= 15 is 0 Å². The summed E-state index contributed by atoms with van der Waals surface area (Å²) in [5.41, 5.74) is 2.81. The van der Waals surface area contributed by atoms with Gasteiger partial charge in [0.15, 0.2) is 0 Å². The van der Waals surface area contributed by atoms with Crippen molar-refractivity contribution in [3.8, 4) is 5.69 Å². The van der Waals surface area contributed by atoms with Crippen LogP contribution in [0.2, 0.25) is 0 Å². The molecule has 0 aliphatic rings. The highest BCUT2D eigenvalue weighted by atomic mass is 32.2. The third kappa shape index (κ3) is 3.75. The van der Waals surface area contributed by atoms with Gasteiger partial charge in [-0.3, -0.25) is 0 Å². The lowest BCUT2D eigenvalue weighted by atomic mass is 10.1. The van der Waals surface area contributed by atoms with Gasteiger partial charge in [-0.25, -0.2) is 0 Å². The van der Waals surface area contributed by atoms with Crippen molar-refractivity contribution < 1.29 is 5.11 Å². The van der Waals surface area contributed by atoms with E-state index in [4.69, 9.17) is 0 Å². The summed E-state index contributed by atoms with van der Waals surface area (Å²) in [6.07, 6.45) is 1.32. The van der Waals surface area contributed by atoms with E-state index in [2.05, 4.69) is 10.2 Å². The van der Waals surface area contributed by atoms with E-state index in [9.17, 15) is 5.11 Å². The first-order valence-corrected chi connectivity index (χ1v) is 8.26. The Labute approximate surface area is 133 Å². The van der Waals surface area contributed by atoms with Crippen LogP contribution in [-0.2, 0) is 5.75 Å². The van der Waals surface area contributed by atoms with Crippen LogP contribution in [0.15, 0.2) is 66.9 Å². The Bertz CT molecular complexity index is 700. The molecule has 0 aliphatic carbocycles. The molecule has 4 nitrogen and oxygen atoms in total. The van der Waals surface area contributed by atoms with Crippen molar-refractivity contribution in [1.29, 1.82) is 0 Å². The predicted molar refractivity (Wildman–Crippen MR) is 88.9 cm³/mol. The molecule has 0 saturated carbocycles. The summed E-state index contributed by atoms with van der Waals surface area (Å²) in [6, 6.07) is 19.5. The lowest BCUT2D eigenvalue weighted by Gasteiger charge is -2.09. The van der Waals surface area contributed by atoms with Crippen molar-refractivity contribution in [3.63, 3.8) is 0 Å². The van der Waals surface area contributed by atoms with Gasteiger partial charge in [0, 0.05) is 11.5 Å². The van der Waals surface area contributed by atoms with Crippen LogP contribution in [0.4, 0.5) is 0 Å². The summed E-state index contributed by atoms with van der Waals surface area (Å²) >= 11 is 1.65. The van der Waals surface area contributed by atoms with Crippen LogP contribution in [0, 0.1) is 0 Å². The molecule has 112 valence electrons. The zero-order chi connectivity index (χ0) is 15.2. The minimum atomic E-state index is -0.449. The van der Waals surface area contributed by atoms with Gasteiger partial charge in [0.1, 0.15) is 0 Å². The van der Waals surface area contributed by atoms with Gasteiger partial charge in [0.25, 0.3) is 0 Å². The smallest absolute Gasteiger partial charge is 0.0930 e. The Morgan fingerprint density at radius 3 is 2.41 bits per heavy atom. The molecule has 1 unspecified atom stereocenters. The Balaban J connectivity index is 1.53. The van der Waals surface area contributed by atoms with E-state index in [1.54, 1.807) is 22.8 Å². The molecule has 3 aromatic rings. The van der Waals surface area contributed by atoms with Gasteiger partial charge in [0.05, 0.1) is 23.7 Å². The number of aliphatic hydroxyl groups is 1. The van der Waals surface area contributed by atoms with Crippen LogP contribution in [0.1, 0.15) is 17.4 Å². The first kappa shape index (κ1) is 14.8. The fourth-order valence-electron chi connectivity index (χ4n) is 2.09. The zero-order valence-electron chi connectivity index (χ0n) is 12.0. The first-order chi connectivity index (χ1) is 10.8. The lowest BCUT2D eigenvalue weighted by molar-refractivity contribution is 0.204. The maximum absolute atomic E-state index is 10.1. The van der Waals surface area contributed by atoms with Crippen molar-refractivity contribution >= 4 is 11.8 Å². The number of nitrogens with zero attached hydrogens (tertiary/aromatic N) is 3. The third-order valence-electron chi connectivity index (χ3n) is 3.24. The topological polar surface area (TPSA) is 50.9 Å². The number of aliphatic hydroxyl groups excluding tert-OH is 1. The molecule has 22 heavy (non-hydrogen) atoms. The summed E-state index contributed by atoms with van der Waals surface area (Å²) < 4.78 is 0. The molecule has 0 fully saturated rings. The number of para-hydroxylation sites is 1. The van der Waals surface area contributed by atoms with Crippen molar-refractivity contribution in [2.45, 2.75) is 11.9 Å². The SMILES string of the molecule is OC(CSCc1cnn(-c2ccccc2)n1)c1ccccc1. The molecule has 0 bridgehead atoms. The monoisotopic (exact) mass is 311 g/mol. The summed E-state index contributed by atoms with van der Waals surface area (Å²) in [7, 11) is 0. The number of hydrogen-bond acceptors (Lipinski definition) is 4. The van der Waals surface area contributed by atoms with Gasteiger partial charge >= 0.3 is 0 Å².